The number of morpholine rings is 1. The van der Waals surface area contributed by atoms with E-state index in [1.54, 1.807) is 4.90 Å². The lowest BCUT2D eigenvalue weighted by atomic mass is 10.2. The molecule has 2 aliphatic heterocycles. The van der Waals surface area contributed by atoms with Gasteiger partial charge in [-0.3, -0.25) is 14.6 Å². The van der Waals surface area contributed by atoms with Crippen LogP contribution in [0.4, 0.5) is 8.78 Å². The molecule has 9 heteroatoms. The van der Waals surface area contributed by atoms with Crippen LogP contribution in [0.2, 0.25) is 0 Å². The first-order valence-electron chi connectivity index (χ1n) is 10.8. The molecular formula is C22H28F2N4O3. The maximum Gasteiger partial charge on any atom is 0.275 e. The first-order valence-corrected chi connectivity index (χ1v) is 10.8. The highest BCUT2D eigenvalue weighted by Crippen LogP contribution is 2.17. The van der Waals surface area contributed by atoms with Gasteiger partial charge in [0.15, 0.2) is 5.69 Å². The van der Waals surface area contributed by atoms with E-state index in [1.807, 2.05) is 4.90 Å². The van der Waals surface area contributed by atoms with Gasteiger partial charge in [0.1, 0.15) is 17.9 Å². The molecule has 0 N–H and O–H groups in total. The van der Waals surface area contributed by atoms with Crippen LogP contribution in [0, 0.1) is 11.6 Å². The van der Waals surface area contributed by atoms with Crippen LogP contribution < -0.4 is 0 Å². The average molecular weight is 434 g/mol. The number of benzene rings is 1. The number of aromatic nitrogens is 1. The second-order valence-corrected chi connectivity index (χ2v) is 8.03. The SMILES string of the molecule is O=C(c1coc(CN(CCN2CCOCC2)Cc2ccc(F)cc2F)n1)N1CCCC1. The summed E-state index contributed by atoms with van der Waals surface area (Å²) in [6.07, 6.45) is 3.42. The number of ether oxygens (including phenoxy) is 1. The third kappa shape index (κ3) is 5.87. The fourth-order valence-corrected chi connectivity index (χ4v) is 3.97. The molecule has 1 aromatic carbocycles. The molecule has 0 saturated carbocycles. The Morgan fingerprint density at radius 3 is 2.61 bits per heavy atom. The molecule has 0 spiro atoms. The Labute approximate surface area is 180 Å². The number of likely N-dealkylation sites (tertiary alicyclic amines) is 1. The van der Waals surface area contributed by atoms with Crippen molar-refractivity contribution in [3.63, 3.8) is 0 Å². The molecule has 7 nitrogen and oxygen atoms in total. The predicted molar refractivity (Wildman–Crippen MR) is 109 cm³/mol. The van der Waals surface area contributed by atoms with E-state index in [0.29, 0.717) is 43.5 Å². The van der Waals surface area contributed by atoms with Crippen molar-refractivity contribution >= 4 is 5.91 Å². The Balaban J connectivity index is 1.43. The standard InChI is InChI=1S/C22H28F2N4O3/c23-18-4-3-17(19(24)13-18)14-27(8-7-26-9-11-30-12-10-26)15-21-25-20(16-31-21)22(29)28-5-1-2-6-28/h3-4,13,16H,1-2,5-12,14-15H2. The van der Waals surface area contributed by atoms with Gasteiger partial charge in [0, 0.05) is 57.4 Å². The van der Waals surface area contributed by atoms with Gasteiger partial charge in [-0.25, -0.2) is 13.8 Å². The van der Waals surface area contributed by atoms with Crippen LogP contribution in [0.5, 0.6) is 0 Å². The van der Waals surface area contributed by atoms with Crippen LogP contribution in [-0.2, 0) is 17.8 Å². The molecule has 2 saturated heterocycles. The monoisotopic (exact) mass is 434 g/mol. The van der Waals surface area contributed by atoms with Crippen molar-refractivity contribution in [2.75, 3.05) is 52.5 Å². The third-order valence-electron chi connectivity index (χ3n) is 5.77. The van der Waals surface area contributed by atoms with Crippen molar-refractivity contribution in [1.29, 1.82) is 0 Å². The molecule has 31 heavy (non-hydrogen) atoms. The van der Waals surface area contributed by atoms with E-state index in [4.69, 9.17) is 9.15 Å². The largest absolute Gasteiger partial charge is 0.447 e. The van der Waals surface area contributed by atoms with Gasteiger partial charge in [-0.05, 0) is 18.9 Å². The van der Waals surface area contributed by atoms with Gasteiger partial charge < -0.3 is 14.1 Å². The zero-order valence-electron chi connectivity index (χ0n) is 17.6. The lowest BCUT2D eigenvalue weighted by molar-refractivity contribution is 0.0319. The minimum Gasteiger partial charge on any atom is -0.447 e. The van der Waals surface area contributed by atoms with Gasteiger partial charge in [0.05, 0.1) is 19.8 Å². The molecule has 0 atom stereocenters. The van der Waals surface area contributed by atoms with Gasteiger partial charge in [0.2, 0.25) is 5.89 Å². The molecular weight excluding hydrogens is 406 g/mol. The van der Waals surface area contributed by atoms with Crippen molar-refractivity contribution in [2.45, 2.75) is 25.9 Å². The van der Waals surface area contributed by atoms with Gasteiger partial charge in [-0.1, -0.05) is 6.07 Å². The topological polar surface area (TPSA) is 62.1 Å². The number of hydrogen-bond donors (Lipinski definition) is 0. The molecule has 0 bridgehead atoms. The van der Waals surface area contributed by atoms with E-state index in [0.717, 1.165) is 51.6 Å². The van der Waals surface area contributed by atoms with Crippen LogP contribution in [0.15, 0.2) is 28.9 Å². The molecule has 1 aromatic heterocycles. The van der Waals surface area contributed by atoms with Gasteiger partial charge in [-0.15, -0.1) is 0 Å². The minimum absolute atomic E-state index is 0.114. The first-order chi connectivity index (χ1) is 15.1. The molecule has 4 rings (SSSR count). The van der Waals surface area contributed by atoms with Gasteiger partial charge in [-0.2, -0.15) is 0 Å². The van der Waals surface area contributed by atoms with Crippen molar-refractivity contribution in [2.24, 2.45) is 0 Å². The zero-order valence-corrected chi connectivity index (χ0v) is 17.6. The maximum atomic E-state index is 14.2. The molecule has 3 heterocycles. The minimum atomic E-state index is -0.598. The summed E-state index contributed by atoms with van der Waals surface area (Å²) in [5, 5.41) is 0. The van der Waals surface area contributed by atoms with Crippen LogP contribution in [0.25, 0.3) is 0 Å². The Kier molecular flexibility index (Phi) is 7.26. The summed E-state index contributed by atoms with van der Waals surface area (Å²) in [5.41, 5.74) is 0.710. The normalized spacial score (nSPS) is 17.6. The summed E-state index contributed by atoms with van der Waals surface area (Å²) in [7, 11) is 0. The molecule has 2 aromatic rings. The Hall–Kier alpha value is -2.36. The summed E-state index contributed by atoms with van der Waals surface area (Å²) in [4.78, 5) is 23.0. The number of halogens is 2. The summed E-state index contributed by atoms with van der Waals surface area (Å²) < 4.78 is 38.5. The number of nitrogens with zero attached hydrogens (tertiary/aromatic N) is 4. The number of amides is 1. The molecule has 2 fully saturated rings. The Morgan fingerprint density at radius 2 is 1.87 bits per heavy atom. The quantitative estimate of drug-likeness (QED) is 0.636. The van der Waals surface area contributed by atoms with E-state index in [-0.39, 0.29) is 12.5 Å². The highest BCUT2D eigenvalue weighted by atomic mass is 19.1. The number of oxazole rings is 1. The number of rotatable bonds is 8. The summed E-state index contributed by atoms with van der Waals surface area (Å²) in [5.74, 6) is -0.878. The van der Waals surface area contributed by atoms with Crippen molar-refractivity contribution in [1.82, 2.24) is 19.7 Å². The van der Waals surface area contributed by atoms with Gasteiger partial charge >= 0.3 is 0 Å². The predicted octanol–water partition coefficient (Wildman–Crippen LogP) is 2.52. The molecule has 1 amide bonds. The first kappa shape index (κ1) is 21.9. The summed E-state index contributed by atoms with van der Waals surface area (Å²) in [6, 6.07) is 3.62. The van der Waals surface area contributed by atoms with Gasteiger partial charge in [0.25, 0.3) is 5.91 Å². The fourth-order valence-electron chi connectivity index (χ4n) is 3.97. The van der Waals surface area contributed by atoms with E-state index >= 15 is 0 Å². The van der Waals surface area contributed by atoms with Crippen LogP contribution in [0.3, 0.4) is 0 Å². The van der Waals surface area contributed by atoms with E-state index in [1.165, 1.54) is 18.4 Å². The van der Waals surface area contributed by atoms with Crippen LogP contribution in [-0.4, -0.2) is 78.1 Å². The second kappa shape index (κ2) is 10.3. The van der Waals surface area contributed by atoms with Crippen molar-refractivity contribution < 1.29 is 22.7 Å². The molecule has 0 aliphatic carbocycles. The molecule has 0 unspecified atom stereocenters. The summed E-state index contributed by atoms with van der Waals surface area (Å²) >= 11 is 0. The highest BCUT2D eigenvalue weighted by molar-refractivity contribution is 5.92. The number of hydrogen-bond acceptors (Lipinski definition) is 6. The zero-order chi connectivity index (χ0) is 21.6. The van der Waals surface area contributed by atoms with Crippen molar-refractivity contribution in [3.05, 3.63) is 53.2 Å². The smallest absolute Gasteiger partial charge is 0.275 e. The number of carbonyl (C=O) groups is 1. The van der Waals surface area contributed by atoms with Crippen LogP contribution in [0.1, 0.15) is 34.8 Å². The van der Waals surface area contributed by atoms with Crippen molar-refractivity contribution in [3.8, 4) is 0 Å². The van der Waals surface area contributed by atoms with E-state index < -0.39 is 11.6 Å². The highest BCUT2D eigenvalue weighted by Gasteiger charge is 2.23. The summed E-state index contributed by atoms with van der Waals surface area (Å²) in [6.45, 7) is 6.65. The fraction of sp³-hybridized carbons (Fsp3) is 0.545. The van der Waals surface area contributed by atoms with E-state index in [2.05, 4.69) is 9.88 Å². The average Bonchev–Trinajstić information content (AvgIpc) is 3.47. The molecule has 168 valence electrons. The van der Waals surface area contributed by atoms with E-state index in [9.17, 15) is 13.6 Å². The van der Waals surface area contributed by atoms with Crippen LogP contribution >= 0.6 is 0 Å². The maximum absolute atomic E-state index is 14.2. The lowest BCUT2D eigenvalue weighted by Gasteiger charge is -2.29. The molecule has 2 aliphatic rings. The number of carbonyl (C=O) groups excluding carboxylic acids is 1. The Bertz CT molecular complexity index is 879. The Morgan fingerprint density at radius 1 is 1.10 bits per heavy atom. The molecule has 0 radical (unpaired) electrons. The third-order valence-corrected chi connectivity index (χ3v) is 5.77. The second-order valence-electron chi connectivity index (χ2n) is 8.03. The lowest BCUT2D eigenvalue weighted by Crippen LogP contribution is -2.41.